The first kappa shape index (κ1) is 20.3. The molecule has 1 saturated carbocycles. The van der Waals surface area contributed by atoms with Crippen LogP contribution in [0.3, 0.4) is 0 Å². The Bertz CT molecular complexity index is 1090. The number of piperidine rings is 1. The van der Waals surface area contributed by atoms with Crippen LogP contribution in [0.5, 0.6) is 5.75 Å². The van der Waals surface area contributed by atoms with Crippen LogP contribution in [0.1, 0.15) is 50.3 Å². The average molecular weight is 421 g/mol. The Hall–Kier alpha value is -2.60. The Labute approximate surface area is 183 Å². The molecule has 6 nitrogen and oxygen atoms in total. The molecule has 2 aromatic heterocycles. The van der Waals surface area contributed by atoms with Crippen LogP contribution in [-0.2, 0) is 6.54 Å². The summed E-state index contributed by atoms with van der Waals surface area (Å²) in [6.07, 6.45) is 11.4. The molecule has 1 aromatic carbocycles. The lowest BCUT2D eigenvalue weighted by Gasteiger charge is -2.32. The second-order valence-corrected chi connectivity index (χ2v) is 9.07. The Morgan fingerprint density at radius 1 is 1.06 bits per heavy atom. The molecule has 5 rings (SSSR count). The van der Waals surface area contributed by atoms with E-state index in [1.165, 1.54) is 36.6 Å². The molecule has 0 N–H and O–H groups in total. The fraction of sp³-hybridized carbons (Fsp3) is 0.520. The van der Waals surface area contributed by atoms with Gasteiger partial charge >= 0.3 is 0 Å². The number of benzene rings is 1. The molecule has 3 heterocycles. The molecule has 31 heavy (non-hydrogen) atoms. The quantitative estimate of drug-likeness (QED) is 0.601. The summed E-state index contributed by atoms with van der Waals surface area (Å²) in [5.41, 5.74) is 2.11. The van der Waals surface area contributed by atoms with Crippen LogP contribution in [0.15, 0.2) is 47.7 Å². The van der Waals surface area contributed by atoms with Gasteiger partial charge in [0.05, 0.1) is 11.8 Å². The van der Waals surface area contributed by atoms with Gasteiger partial charge in [-0.1, -0.05) is 18.9 Å². The molecule has 2 fully saturated rings. The molecule has 0 unspecified atom stereocenters. The van der Waals surface area contributed by atoms with Crippen LogP contribution in [-0.4, -0.2) is 44.8 Å². The molecule has 1 saturated heterocycles. The SMILES string of the molecule is Cc1cc(=O)n(CCN2CCC(Oc3cccc4c3ccn4C3CCCC3)CC2)cn1. The van der Waals surface area contributed by atoms with Gasteiger partial charge in [-0.3, -0.25) is 9.36 Å². The van der Waals surface area contributed by atoms with Crippen molar-refractivity contribution < 1.29 is 4.74 Å². The predicted molar refractivity (Wildman–Crippen MR) is 123 cm³/mol. The summed E-state index contributed by atoms with van der Waals surface area (Å²) >= 11 is 0. The van der Waals surface area contributed by atoms with Crippen LogP contribution in [0.2, 0.25) is 0 Å². The third-order valence-electron chi connectivity index (χ3n) is 6.94. The van der Waals surface area contributed by atoms with E-state index in [0.717, 1.165) is 43.9 Å². The summed E-state index contributed by atoms with van der Waals surface area (Å²) in [6, 6.07) is 10.9. The van der Waals surface area contributed by atoms with Crippen molar-refractivity contribution in [3.63, 3.8) is 0 Å². The summed E-state index contributed by atoms with van der Waals surface area (Å²) in [5.74, 6) is 1.02. The summed E-state index contributed by atoms with van der Waals surface area (Å²) in [6.45, 7) is 5.40. The maximum Gasteiger partial charge on any atom is 0.253 e. The van der Waals surface area contributed by atoms with Gasteiger partial charge < -0.3 is 14.2 Å². The zero-order chi connectivity index (χ0) is 21.2. The van der Waals surface area contributed by atoms with Gasteiger partial charge in [0.15, 0.2) is 0 Å². The molecule has 0 radical (unpaired) electrons. The first-order valence-corrected chi connectivity index (χ1v) is 11.7. The Balaban J connectivity index is 1.18. The minimum atomic E-state index is 0.0309. The minimum Gasteiger partial charge on any atom is -0.490 e. The van der Waals surface area contributed by atoms with E-state index in [1.807, 2.05) is 6.92 Å². The first-order chi connectivity index (χ1) is 15.2. The standard InChI is InChI=1S/C25H32N4O2/c1-19-17-25(30)28(18-26-19)16-15-27-12-9-21(10-13-27)31-24-8-4-7-23-22(24)11-14-29(23)20-5-2-3-6-20/h4,7-8,11,14,17-18,20-21H,2-3,5-6,9-10,12-13,15-16H2,1H3. The molecule has 164 valence electrons. The number of nitrogens with zero attached hydrogens (tertiary/aromatic N) is 4. The van der Waals surface area contributed by atoms with E-state index in [1.54, 1.807) is 17.0 Å². The maximum absolute atomic E-state index is 12.0. The highest BCUT2D eigenvalue weighted by molar-refractivity contribution is 5.86. The third-order valence-corrected chi connectivity index (χ3v) is 6.94. The van der Waals surface area contributed by atoms with Crippen molar-refractivity contribution in [1.29, 1.82) is 0 Å². The number of aromatic nitrogens is 3. The topological polar surface area (TPSA) is 52.3 Å². The van der Waals surface area contributed by atoms with Gasteiger partial charge in [0.2, 0.25) is 0 Å². The molecule has 0 spiro atoms. The zero-order valence-corrected chi connectivity index (χ0v) is 18.4. The van der Waals surface area contributed by atoms with E-state index in [-0.39, 0.29) is 11.7 Å². The monoisotopic (exact) mass is 420 g/mol. The van der Waals surface area contributed by atoms with Gasteiger partial charge in [-0.25, -0.2) is 4.98 Å². The van der Waals surface area contributed by atoms with Crippen LogP contribution in [0, 0.1) is 6.92 Å². The molecule has 3 aromatic rings. The van der Waals surface area contributed by atoms with Crippen LogP contribution in [0.25, 0.3) is 10.9 Å². The Kier molecular flexibility index (Phi) is 5.81. The molecular formula is C25H32N4O2. The summed E-state index contributed by atoms with van der Waals surface area (Å²) in [5, 5.41) is 1.24. The number of likely N-dealkylation sites (tertiary alicyclic amines) is 1. The number of aryl methyl sites for hydroxylation is 1. The fourth-order valence-corrected chi connectivity index (χ4v) is 5.13. The molecule has 2 aliphatic rings. The van der Waals surface area contributed by atoms with E-state index >= 15 is 0 Å². The summed E-state index contributed by atoms with van der Waals surface area (Å²) < 4.78 is 10.6. The zero-order valence-electron chi connectivity index (χ0n) is 18.4. The number of fused-ring (bicyclic) bond motifs is 1. The molecule has 1 aliphatic heterocycles. The normalized spacial score (nSPS) is 18.7. The largest absolute Gasteiger partial charge is 0.490 e. The van der Waals surface area contributed by atoms with Crippen molar-refractivity contribution in [3.8, 4) is 5.75 Å². The van der Waals surface area contributed by atoms with E-state index < -0.39 is 0 Å². The fourth-order valence-electron chi connectivity index (χ4n) is 5.13. The maximum atomic E-state index is 12.0. The van der Waals surface area contributed by atoms with Gasteiger partial charge in [0, 0.05) is 55.6 Å². The molecule has 6 heteroatoms. The summed E-state index contributed by atoms with van der Waals surface area (Å²) in [7, 11) is 0. The lowest BCUT2D eigenvalue weighted by atomic mass is 10.1. The molecular weight excluding hydrogens is 388 g/mol. The highest BCUT2D eigenvalue weighted by atomic mass is 16.5. The van der Waals surface area contributed by atoms with E-state index in [0.29, 0.717) is 12.6 Å². The Morgan fingerprint density at radius 3 is 2.65 bits per heavy atom. The molecule has 0 bridgehead atoms. The van der Waals surface area contributed by atoms with Crippen molar-refractivity contribution >= 4 is 10.9 Å². The van der Waals surface area contributed by atoms with Crippen molar-refractivity contribution in [2.24, 2.45) is 0 Å². The Morgan fingerprint density at radius 2 is 1.87 bits per heavy atom. The van der Waals surface area contributed by atoms with Crippen molar-refractivity contribution in [3.05, 3.63) is 58.9 Å². The van der Waals surface area contributed by atoms with Crippen molar-refractivity contribution in [1.82, 2.24) is 19.0 Å². The third kappa shape index (κ3) is 4.40. The van der Waals surface area contributed by atoms with Crippen LogP contribution < -0.4 is 10.3 Å². The van der Waals surface area contributed by atoms with Gasteiger partial charge in [0.25, 0.3) is 5.56 Å². The van der Waals surface area contributed by atoms with Crippen molar-refractivity contribution in [2.45, 2.75) is 64.1 Å². The van der Waals surface area contributed by atoms with Gasteiger partial charge in [-0.15, -0.1) is 0 Å². The summed E-state index contributed by atoms with van der Waals surface area (Å²) in [4.78, 5) is 18.7. The number of hydrogen-bond donors (Lipinski definition) is 0. The molecule has 0 amide bonds. The highest BCUT2D eigenvalue weighted by Crippen LogP contribution is 2.36. The van der Waals surface area contributed by atoms with Crippen LogP contribution in [0.4, 0.5) is 0 Å². The lowest BCUT2D eigenvalue weighted by Crippen LogP contribution is -2.40. The van der Waals surface area contributed by atoms with Gasteiger partial charge in [0.1, 0.15) is 11.9 Å². The average Bonchev–Trinajstić information content (AvgIpc) is 3.44. The second-order valence-electron chi connectivity index (χ2n) is 9.07. The van der Waals surface area contributed by atoms with E-state index in [9.17, 15) is 4.79 Å². The number of ether oxygens (including phenoxy) is 1. The smallest absolute Gasteiger partial charge is 0.253 e. The van der Waals surface area contributed by atoms with E-state index in [4.69, 9.17) is 4.74 Å². The predicted octanol–water partition coefficient (Wildman–Crippen LogP) is 4.16. The second kappa shape index (κ2) is 8.87. The lowest BCUT2D eigenvalue weighted by molar-refractivity contribution is 0.0995. The van der Waals surface area contributed by atoms with E-state index in [2.05, 4.69) is 44.9 Å². The number of rotatable bonds is 6. The van der Waals surface area contributed by atoms with Gasteiger partial charge in [-0.05, 0) is 50.8 Å². The highest BCUT2D eigenvalue weighted by Gasteiger charge is 2.23. The van der Waals surface area contributed by atoms with Crippen molar-refractivity contribution in [2.75, 3.05) is 19.6 Å². The molecule has 0 atom stereocenters. The molecule has 1 aliphatic carbocycles. The minimum absolute atomic E-state index is 0.0309. The van der Waals surface area contributed by atoms with Gasteiger partial charge in [-0.2, -0.15) is 0 Å². The first-order valence-electron chi connectivity index (χ1n) is 11.7. The van der Waals surface area contributed by atoms with Crippen LogP contribution >= 0.6 is 0 Å². The number of hydrogen-bond acceptors (Lipinski definition) is 4.